The average molecular weight is 376 g/mol. The second-order valence-electron chi connectivity index (χ2n) is 5.80. The van der Waals surface area contributed by atoms with Crippen LogP contribution in [0, 0.1) is 0 Å². The standard InChI is InChI=1S/C17H14ClN3O3S/c18-11-2-3-12-13(9-20-15(12)8-11)10-1-4-14-16(7-10)24-17(21-14)5-6-25(19,22)23/h1-4,7-9,20H,5-6H2,(H2,19,22,23). The van der Waals surface area contributed by atoms with E-state index in [-0.39, 0.29) is 12.2 Å². The van der Waals surface area contributed by atoms with Crippen molar-refractivity contribution in [1.29, 1.82) is 0 Å². The lowest BCUT2D eigenvalue weighted by Gasteiger charge is -1.99. The predicted octanol–water partition coefficient (Wildman–Crippen LogP) is 3.46. The summed E-state index contributed by atoms with van der Waals surface area (Å²) in [7, 11) is -3.55. The van der Waals surface area contributed by atoms with Crippen molar-refractivity contribution in [2.75, 3.05) is 5.75 Å². The fraction of sp³-hybridized carbons (Fsp3) is 0.118. The van der Waals surface area contributed by atoms with Gasteiger partial charge in [0.25, 0.3) is 0 Å². The zero-order valence-electron chi connectivity index (χ0n) is 13.0. The maximum atomic E-state index is 11.1. The van der Waals surface area contributed by atoms with Crippen LogP contribution in [-0.4, -0.2) is 24.1 Å². The minimum absolute atomic E-state index is 0.147. The quantitative estimate of drug-likeness (QED) is 0.570. The molecule has 128 valence electrons. The summed E-state index contributed by atoms with van der Waals surface area (Å²) in [6.45, 7) is 0. The van der Waals surface area contributed by atoms with Crippen molar-refractivity contribution in [3.8, 4) is 11.1 Å². The van der Waals surface area contributed by atoms with Crippen molar-refractivity contribution in [1.82, 2.24) is 9.97 Å². The number of sulfonamides is 1. The highest BCUT2D eigenvalue weighted by molar-refractivity contribution is 7.89. The van der Waals surface area contributed by atoms with E-state index >= 15 is 0 Å². The molecule has 2 aromatic carbocycles. The number of fused-ring (bicyclic) bond motifs is 2. The Morgan fingerprint density at radius 2 is 2.04 bits per heavy atom. The number of nitrogens with zero attached hydrogens (tertiary/aromatic N) is 1. The molecule has 0 aliphatic carbocycles. The van der Waals surface area contributed by atoms with Crippen LogP contribution in [0.5, 0.6) is 0 Å². The van der Waals surface area contributed by atoms with Gasteiger partial charge in [0.15, 0.2) is 11.5 Å². The number of nitrogens with one attached hydrogen (secondary N) is 1. The number of benzene rings is 2. The molecular formula is C17H14ClN3O3S. The highest BCUT2D eigenvalue weighted by atomic mass is 35.5. The number of aromatic amines is 1. The topological polar surface area (TPSA) is 102 Å². The number of aromatic nitrogens is 2. The lowest BCUT2D eigenvalue weighted by atomic mass is 10.0. The van der Waals surface area contributed by atoms with Crippen molar-refractivity contribution in [2.24, 2.45) is 5.14 Å². The average Bonchev–Trinajstić information content (AvgIpc) is 3.14. The molecule has 0 aliphatic rings. The van der Waals surface area contributed by atoms with Gasteiger partial charge in [-0.1, -0.05) is 23.7 Å². The lowest BCUT2D eigenvalue weighted by Crippen LogP contribution is -2.18. The Balaban J connectivity index is 1.73. The Morgan fingerprint density at radius 3 is 2.84 bits per heavy atom. The molecule has 0 radical (unpaired) electrons. The molecule has 6 nitrogen and oxygen atoms in total. The molecule has 0 atom stereocenters. The Morgan fingerprint density at radius 1 is 1.20 bits per heavy atom. The third kappa shape index (κ3) is 3.26. The summed E-state index contributed by atoms with van der Waals surface area (Å²) in [5, 5.41) is 6.74. The number of primary sulfonamides is 1. The van der Waals surface area contributed by atoms with Gasteiger partial charge in [-0.15, -0.1) is 0 Å². The van der Waals surface area contributed by atoms with E-state index in [1.54, 1.807) is 0 Å². The van der Waals surface area contributed by atoms with Gasteiger partial charge in [-0.2, -0.15) is 0 Å². The number of hydrogen-bond acceptors (Lipinski definition) is 4. The van der Waals surface area contributed by atoms with Crippen molar-refractivity contribution in [3.05, 3.63) is 53.5 Å². The van der Waals surface area contributed by atoms with Crippen LogP contribution in [0.25, 0.3) is 33.1 Å². The summed E-state index contributed by atoms with van der Waals surface area (Å²) < 4.78 is 27.8. The van der Waals surface area contributed by atoms with Gasteiger partial charge in [0.05, 0.1) is 5.75 Å². The fourth-order valence-corrected chi connectivity index (χ4v) is 3.44. The summed E-state index contributed by atoms with van der Waals surface area (Å²) in [5.74, 6) is 0.155. The summed E-state index contributed by atoms with van der Waals surface area (Å²) in [4.78, 5) is 7.51. The van der Waals surface area contributed by atoms with Crippen LogP contribution < -0.4 is 5.14 Å². The van der Waals surface area contributed by atoms with Crippen LogP contribution in [0.2, 0.25) is 5.02 Å². The first-order valence-electron chi connectivity index (χ1n) is 7.56. The summed E-state index contributed by atoms with van der Waals surface area (Å²) in [6, 6.07) is 11.4. The molecule has 0 spiro atoms. The monoisotopic (exact) mass is 375 g/mol. The van der Waals surface area contributed by atoms with Crippen LogP contribution in [0.4, 0.5) is 0 Å². The maximum absolute atomic E-state index is 11.1. The minimum Gasteiger partial charge on any atom is -0.441 e. The van der Waals surface area contributed by atoms with Crippen molar-refractivity contribution in [3.63, 3.8) is 0 Å². The summed E-state index contributed by atoms with van der Waals surface area (Å²) in [6.07, 6.45) is 2.06. The maximum Gasteiger partial charge on any atom is 0.209 e. The van der Waals surface area contributed by atoms with Gasteiger partial charge in [0.2, 0.25) is 10.0 Å². The first kappa shape index (κ1) is 16.1. The molecule has 2 heterocycles. The van der Waals surface area contributed by atoms with Crippen LogP contribution in [0.3, 0.4) is 0 Å². The normalized spacial score (nSPS) is 12.2. The van der Waals surface area contributed by atoms with E-state index in [4.69, 9.17) is 21.2 Å². The van der Waals surface area contributed by atoms with Gasteiger partial charge in [0.1, 0.15) is 5.52 Å². The molecule has 0 amide bonds. The Hall–Kier alpha value is -2.35. The van der Waals surface area contributed by atoms with Crippen molar-refractivity contribution >= 4 is 43.6 Å². The van der Waals surface area contributed by atoms with Gasteiger partial charge in [0, 0.05) is 34.1 Å². The molecule has 0 fully saturated rings. The van der Waals surface area contributed by atoms with Crippen LogP contribution in [0.15, 0.2) is 47.0 Å². The molecule has 0 saturated heterocycles. The minimum atomic E-state index is -3.55. The van der Waals surface area contributed by atoms with E-state index in [1.165, 1.54) is 0 Å². The molecule has 0 bridgehead atoms. The molecule has 2 aromatic heterocycles. The van der Waals surface area contributed by atoms with Crippen molar-refractivity contribution in [2.45, 2.75) is 6.42 Å². The van der Waals surface area contributed by atoms with Gasteiger partial charge in [-0.05, 0) is 29.8 Å². The number of H-pyrrole nitrogens is 1. The Labute approximate surface area is 148 Å². The number of rotatable bonds is 4. The van der Waals surface area contributed by atoms with Crippen LogP contribution in [-0.2, 0) is 16.4 Å². The number of halogens is 1. The highest BCUT2D eigenvalue weighted by Gasteiger charge is 2.12. The second-order valence-corrected chi connectivity index (χ2v) is 7.97. The molecule has 0 saturated carbocycles. The SMILES string of the molecule is NS(=O)(=O)CCc1nc2ccc(-c3c[nH]c4cc(Cl)ccc34)cc2o1. The lowest BCUT2D eigenvalue weighted by molar-refractivity contribution is 0.533. The molecule has 0 aliphatic heterocycles. The number of nitrogens with two attached hydrogens (primary N) is 1. The Bertz CT molecular complexity index is 1190. The van der Waals surface area contributed by atoms with E-state index in [0.717, 1.165) is 22.0 Å². The predicted molar refractivity (Wildman–Crippen MR) is 98.0 cm³/mol. The van der Waals surface area contributed by atoms with Gasteiger partial charge in [-0.25, -0.2) is 18.5 Å². The van der Waals surface area contributed by atoms with E-state index in [1.807, 2.05) is 42.6 Å². The fourth-order valence-electron chi connectivity index (χ4n) is 2.81. The first-order valence-corrected chi connectivity index (χ1v) is 9.65. The van der Waals surface area contributed by atoms with E-state index in [0.29, 0.717) is 22.0 Å². The number of aryl methyl sites for hydroxylation is 1. The zero-order valence-corrected chi connectivity index (χ0v) is 14.6. The third-order valence-electron chi connectivity index (χ3n) is 3.99. The van der Waals surface area contributed by atoms with Crippen LogP contribution in [0.1, 0.15) is 5.89 Å². The number of hydrogen-bond donors (Lipinski definition) is 2. The van der Waals surface area contributed by atoms with Gasteiger partial charge in [-0.3, -0.25) is 0 Å². The molecule has 4 aromatic rings. The largest absolute Gasteiger partial charge is 0.441 e. The Kier molecular flexibility index (Phi) is 3.79. The van der Waals surface area contributed by atoms with E-state index in [2.05, 4.69) is 9.97 Å². The van der Waals surface area contributed by atoms with Gasteiger partial charge >= 0.3 is 0 Å². The second kappa shape index (κ2) is 5.87. The summed E-state index contributed by atoms with van der Waals surface area (Å²) in [5.41, 5.74) is 4.22. The summed E-state index contributed by atoms with van der Waals surface area (Å²) >= 11 is 6.02. The molecule has 8 heteroatoms. The zero-order chi connectivity index (χ0) is 17.6. The third-order valence-corrected chi connectivity index (χ3v) is 5.00. The van der Waals surface area contributed by atoms with Crippen molar-refractivity contribution < 1.29 is 12.8 Å². The molecule has 25 heavy (non-hydrogen) atoms. The molecular weight excluding hydrogens is 362 g/mol. The highest BCUT2D eigenvalue weighted by Crippen LogP contribution is 2.32. The number of oxazole rings is 1. The molecule has 4 rings (SSSR count). The van der Waals surface area contributed by atoms with Crippen LogP contribution >= 0.6 is 11.6 Å². The van der Waals surface area contributed by atoms with Gasteiger partial charge < -0.3 is 9.40 Å². The molecule has 3 N–H and O–H groups in total. The van der Waals surface area contributed by atoms with E-state index in [9.17, 15) is 8.42 Å². The van der Waals surface area contributed by atoms with E-state index < -0.39 is 10.0 Å². The smallest absolute Gasteiger partial charge is 0.209 e. The first-order chi connectivity index (χ1) is 11.9. The molecule has 0 unspecified atom stereocenters.